The molecule has 6 heteroatoms. The standard InChI is InChI=1S/C13H21ClN4O/c1-8(2)11(15)13(19)18(9(3)4)7-10-12(14)17-6-5-16-10/h5-6,8-9,11H,7,15H2,1-4H3/t11-/m0/s1. The van der Waals surface area contributed by atoms with E-state index in [0.29, 0.717) is 17.4 Å². The van der Waals surface area contributed by atoms with Crippen molar-refractivity contribution in [1.82, 2.24) is 14.9 Å². The number of rotatable bonds is 5. The Labute approximate surface area is 119 Å². The van der Waals surface area contributed by atoms with Crippen LogP contribution >= 0.6 is 11.6 Å². The molecule has 1 aromatic heterocycles. The quantitative estimate of drug-likeness (QED) is 0.896. The molecule has 0 aromatic carbocycles. The van der Waals surface area contributed by atoms with Gasteiger partial charge in [-0.25, -0.2) is 4.98 Å². The second-order valence-corrected chi connectivity index (χ2v) is 5.48. The summed E-state index contributed by atoms with van der Waals surface area (Å²) in [5.74, 6) is -0.00204. The van der Waals surface area contributed by atoms with E-state index in [-0.39, 0.29) is 17.9 Å². The Balaban J connectivity index is 2.91. The van der Waals surface area contributed by atoms with Crippen LogP contribution < -0.4 is 5.73 Å². The van der Waals surface area contributed by atoms with Crippen molar-refractivity contribution in [2.24, 2.45) is 11.7 Å². The lowest BCUT2D eigenvalue weighted by molar-refractivity contribution is -0.136. The lowest BCUT2D eigenvalue weighted by Crippen LogP contribution is -2.48. The van der Waals surface area contributed by atoms with Crippen LogP contribution in [0.1, 0.15) is 33.4 Å². The van der Waals surface area contributed by atoms with Gasteiger partial charge in [-0.3, -0.25) is 9.78 Å². The zero-order valence-electron chi connectivity index (χ0n) is 11.8. The molecule has 0 saturated heterocycles. The molecule has 0 saturated carbocycles. The third-order valence-electron chi connectivity index (χ3n) is 2.95. The number of carbonyl (C=O) groups excluding carboxylic acids is 1. The normalized spacial score (nSPS) is 12.8. The van der Waals surface area contributed by atoms with Gasteiger partial charge in [0.25, 0.3) is 0 Å². The van der Waals surface area contributed by atoms with E-state index in [2.05, 4.69) is 9.97 Å². The molecule has 1 heterocycles. The van der Waals surface area contributed by atoms with Crippen LogP contribution in [-0.4, -0.2) is 32.9 Å². The van der Waals surface area contributed by atoms with Gasteiger partial charge < -0.3 is 10.6 Å². The lowest BCUT2D eigenvalue weighted by atomic mass is 10.0. The maximum atomic E-state index is 12.4. The van der Waals surface area contributed by atoms with Crippen molar-refractivity contribution in [2.45, 2.75) is 46.3 Å². The highest BCUT2D eigenvalue weighted by Crippen LogP contribution is 2.15. The van der Waals surface area contributed by atoms with E-state index in [1.807, 2.05) is 27.7 Å². The number of hydrogen-bond acceptors (Lipinski definition) is 4. The van der Waals surface area contributed by atoms with E-state index in [9.17, 15) is 4.79 Å². The minimum absolute atomic E-state index is 0.0235. The van der Waals surface area contributed by atoms with Crippen LogP contribution in [0.4, 0.5) is 0 Å². The highest BCUT2D eigenvalue weighted by molar-refractivity contribution is 6.29. The zero-order valence-corrected chi connectivity index (χ0v) is 12.6. The Morgan fingerprint density at radius 3 is 2.37 bits per heavy atom. The lowest BCUT2D eigenvalue weighted by Gasteiger charge is -2.30. The molecule has 1 amide bonds. The van der Waals surface area contributed by atoms with E-state index in [0.717, 1.165) is 0 Å². The fourth-order valence-corrected chi connectivity index (χ4v) is 1.77. The maximum absolute atomic E-state index is 12.4. The first-order valence-corrected chi connectivity index (χ1v) is 6.73. The molecule has 0 fully saturated rings. The van der Waals surface area contributed by atoms with Gasteiger partial charge in [0.2, 0.25) is 5.91 Å². The number of nitrogens with two attached hydrogens (primary N) is 1. The summed E-state index contributed by atoms with van der Waals surface area (Å²) < 4.78 is 0. The minimum Gasteiger partial charge on any atom is -0.333 e. The summed E-state index contributed by atoms with van der Waals surface area (Å²) in [5, 5.41) is 0.319. The van der Waals surface area contributed by atoms with Crippen LogP contribution in [0, 0.1) is 5.92 Å². The van der Waals surface area contributed by atoms with Crippen LogP contribution in [0.25, 0.3) is 0 Å². The Bertz CT molecular complexity index is 436. The molecule has 0 aliphatic heterocycles. The van der Waals surface area contributed by atoms with E-state index >= 15 is 0 Å². The molecule has 1 atom stereocenters. The SMILES string of the molecule is CC(C)[C@H](N)C(=O)N(Cc1nccnc1Cl)C(C)C. The van der Waals surface area contributed by atoms with Crippen LogP contribution in [0.5, 0.6) is 0 Å². The van der Waals surface area contributed by atoms with Gasteiger partial charge in [0.1, 0.15) is 0 Å². The molecule has 2 N–H and O–H groups in total. The second-order valence-electron chi connectivity index (χ2n) is 5.12. The largest absolute Gasteiger partial charge is 0.333 e. The molecule has 5 nitrogen and oxygen atoms in total. The molecule has 1 aromatic rings. The predicted octanol–water partition coefficient (Wildman–Crippen LogP) is 1.85. The van der Waals surface area contributed by atoms with Gasteiger partial charge in [-0.15, -0.1) is 0 Å². The summed E-state index contributed by atoms with van der Waals surface area (Å²) in [7, 11) is 0. The van der Waals surface area contributed by atoms with Gasteiger partial charge in [-0.2, -0.15) is 0 Å². The van der Waals surface area contributed by atoms with Gasteiger partial charge in [0.05, 0.1) is 18.3 Å². The number of halogens is 1. The fourth-order valence-electron chi connectivity index (χ4n) is 1.61. The summed E-state index contributed by atoms with van der Waals surface area (Å²) in [4.78, 5) is 22.2. The van der Waals surface area contributed by atoms with Gasteiger partial charge in [0, 0.05) is 18.4 Å². The summed E-state index contributed by atoms with van der Waals surface area (Å²) in [6.45, 7) is 8.06. The number of aromatic nitrogens is 2. The van der Waals surface area contributed by atoms with Crippen molar-refractivity contribution in [3.05, 3.63) is 23.2 Å². The molecule has 0 unspecified atom stereocenters. The molecule has 1 rings (SSSR count). The molecule has 0 bridgehead atoms. The first-order chi connectivity index (χ1) is 8.84. The second kappa shape index (κ2) is 6.82. The van der Waals surface area contributed by atoms with Crippen molar-refractivity contribution < 1.29 is 4.79 Å². The summed E-state index contributed by atoms with van der Waals surface area (Å²) in [5.41, 5.74) is 6.52. The summed E-state index contributed by atoms with van der Waals surface area (Å²) >= 11 is 5.98. The molecule has 0 spiro atoms. The average Bonchev–Trinajstić information content (AvgIpc) is 2.35. The van der Waals surface area contributed by atoms with Gasteiger partial charge >= 0.3 is 0 Å². The Hall–Kier alpha value is -1.20. The maximum Gasteiger partial charge on any atom is 0.240 e. The third-order valence-corrected chi connectivity index (χ3v) is 3.27. The average molecular weight is 285 g/mol. The van der Waals surface area contributed by atoms with Crippen LogP contribution in [0.2, 0.25) is 5.15 Å². The Kier molecular flexibility index (Phi) is 5.69. The summed E-state index contributed by atoms with van der Waals surface area (Å²) in [6.07, 6.45) is 3.08. The van der Waals surface area contributed by atoms with E-state index in [4.69, 9.17) is 17.3 Å². The van der Waals surface area contributed by atoms with Crippen molar-refractivity contribution in [1.29, 1.82) is 0 Å². The highest BCUT2D eigenvalue weighted by Gasteiger charge is 2.26. The van der Waals surface area contributed by atoms with Crippen molar-refractivity contribution >= 4 is 17.5 Å². The van der Waals surface area contributed by atoms with Crippen molar-refractivity contribution in [3.63, 3.8) is 0 Å². The van der Waals surface area contributed by atoms with Crippen molar-refractivity contribution in [2.75, 3.05) is 0 Å². The van der Waals surface area contributed by atoms with E-state index in [1.165, 1.54) is 6.20 Å². The molecular weight excluding hydrogens is 264 g/mol. The van der Waals surface area contributed by atoms with E-state index < -0.39 is 6.04 Å². The van der Waals surface area contributed by atoms with Crippen LogP contribution in [-0.2, 0) is 11.3 Å². The number of nitrogens with zero attached hydrogens (tertiary/aromatic N) is 3. The van der Waals surface area contributed by atoms with Gasteiger partial charge in [-0.1, -0.05) is 25.4 Å². The Morgan fingerprint density at radius 2 is 1.89 bits per heavy atom. The molecule has 19 heavy (non-hydrogen) atoms. The Morgan fingerprint density at radius 1 is 1.32 bits per heavy atom. The molecule has 0 aliphatic carbocycles. The highest BCUT2D eigenvalue weighted by atomic mass is 35.5. The van der Waals surface area contributed by atoms with Gasteiger partial charge in [-0.05, 0) is 19.8 Å². The van der Waals surface area contributed by atoms with Crippen molar-refractivity contribution in [3.8, 4) is 0 Å². The van der Waals surface area contributed by atoms with E-state index in [1.54, 1.807) is 11.1 Å². The molecule has 0 aliphatic rings. The number of hydrogen-bond donors (Lipinski definition) is 1. The predicted molar refractivity (Wildman–Crippen MR) is 75.5 cm³/mol. The van der Waals surface area contributed by atoms with Gasteiger partial charge in [0.15, 0.2) is 5.15 Å². The molecular formula is C13H21ClN4O. The monoisotopic (exact) mass is 284 g/mol. The zero-order chi connectivity index (χ0) is 14.6. The first-order valence-electron chi connectivity index (χ1n) is 6.36. The smallest absolute Gasteiger partial charge is 0.240 e. The van der Waals surface area contributed by atoms with Crippen LogP contribution in [0.15, 0.2) is 12.4 Å². The first kappa shape index (κ1) is 15.9. The fraction of sp³-hybridized carbons (Fsp3) is 0.615. The number of carbonyl (C=O) groups is 1. The van der Waals surface area contributed by atoms with Crippen LogP contribution in [0.3, 0.4) is 0 Å². The summed E-state index contributed by atoms with van der Waals surface area (Å²) in [6, 6.07) is -0.492. The molecule has 0 radical (unpaired) electrons. The third kappa shape index (κ3) is 4.14. The minimum atomic E-state index is -0.516. The molecule has 106 valence electrons. The topological polar surface area (TPSA) is 72.1 Å². The number of amides is 1.